The van der Waals surface area contributed by atoms with Gasteiger partial charge in [-0.3, -0.25) is 19.2 Å². The number of thioether (sulfide) groups is 1. The molecule has 0 aromatic carbocycles. The minimum Gasteiger partial charge on any atom is -0.369 e. The van der Waals surface area contributed by atoms with E-state index in [9.17, 15) is 19.2 Å². The summed E-state index contributed by atoms with van der Waals surface area (Å²) >= 11 is 1.25. The molecule has 4 amide bonds. The maximum Gasteiger partial charge on any atom is 0.269 e. The fourth-order valence-electron chi connectivity index (χ4n) is 2.15. The van der Waals surface area contributed by atoms with E-state index in [-0.39, 0.29) is 18.0 Å². The van der Waals surface area contributed by atoms with Gasteiger partial charge in [0, 0.05) is 13.0 Å². The standard InChI is InChI=1S/C15H23N3O5S/c1-6-23-9(3)14(21)17-10(4)16-13(20)8(2)18-12(19)7-11(24-5)15(18)22/h9-11H,2,6-7H2,1,3-5H3,(H,16,20)(H,17,21). The number of carbonyl (C=O) groups excluding carboxylic acids is 4. The molecule has 134 valence electrons. The molecule has 1 heterocycles. The number of ether oxygens (including phenoxy) is 1. The smallest absolute Gasteiger partial charge is 0.269 e. The van der Waals surface area contributed by atoms with E-state index in [0.717, 1.165) is 4.90 Å². The SMILES string of the molecule is C=C(C(=O)NC(C)NC(=O)C(C)OCC)N1C(=O)CC(SC)C1=O. The first kappa shape index (κ1) is 20.2. The van der Waals surface area contributed by atoms with Crippen LogP contribution in [0.25, 0.3) is 0 Å². The Kier molecular flexibility index (Phi) is 7.43. The zero-order valence-electron chi connectivity index (χ0n) is 14.3. The van der Waals surface area contributed by atoms with Crippen molar-refractivity contribution in [2.75, 3.05) is 12.9 Å². The minimum atomic E-state index is -0.714. The third kappa shape index (κ3) is 4.81. The van der Waals surface area contributed by atoms with Crippen molar-refractivity contribution in [3.8, 4) is 0 Å². The summed E-state index contributed by atoms with van der Waals surface area (Å²) in [6, 6.07) is 0. The molecule has 8 nitrogen and oxygen atoms in total. The van der Waals surface area contributed by atoms with Crippen molar-refractivity contribution in [1.82, 2.24) is 15.5 Å². The van der Waals surface area contributed by atoms with Crippen molar-refractivity contribution >= 4 is 35.4 Å². The van der Waals surface area contributed by atoms with Crippen molar-refractivity contribution < 1.29 is 23.9 Å². The average Bonchev–Trinajstić information content (AvgIpc) is 2.80. The number of likely N-dealkylation sites (tertiary alicyclic amines) is 1. The van der Waals surface area contributed by atoms with E-state index in [1.54, 1.807) is 27.0 Å². The highest BCUT2D eigenvalue weighted by molar-refractivity contribution is 8.00. The molecule has 0 saturated carbocycles. The number of hydrogen-bond donors (Lipinski definition) is 2. The van der Waals surface area contributed by atoms with Gasteiger partial charge < -0.3 is 15.4 Å². The van der Waals surface area contributed by atoms with Crippen LogP contribution in [-0.4, -0.2) is 58.9 Å². The van der Waals surface area contributed by atoms with Crippen LogP contribution in [0.15, 0.2) is 12.3 Å². The normalized spacial score (nSPS) is 19.8. The van der Waals surface area contributed by atoms with Crippen LogP contribution in [0.3, 0.4) is 0 Å². The lowest BCUT2D eigenvalue weighted by molar-refractivity contribution is -0.139. The molecular formula is C15H23N3O5S. The van der Waals surface area contributed by atoms with Gasteiger partial charge in [-0.05, 0) is 27.0 Å². The highest BCUT2D eigenvalue weighted by Crippen LogP contribution is 2.25. The minimum absolute atomic E-state index is 0.0461. The van der Waals surface area contributed by atoms with E-state index in [1.807, 2.05) is 0 Å². The summed E-state index contributed by atoms with van der Waals surface area (Å²) in [7, 11) is 0. The highest BCUT2D eigenvalue weighted by atomic mass is 32.2. The van der Waals surface area contributed by atoms with Gasteiger partial charge in [-0.25, -0.2) is 4.90 Å². The number of hydrogen-bond acceptors (Lipinski definition) is 6. The first-order valence-electron chi connectivity index (χ1n) is 7.54. The van der Waals surface area contributed by atoms with Gasteiger partial charge in [0.1, 0.15) is 11.8 Å². The van der Waals surface area contributed by atoms with Gasteiger partial charge in [-0.1, -0.05) is 6.58 Å². The second kappa shape index (κ2) is 8.84. The molecule has 0 aliphatic carbocycles. The molecule has 0 spiro atoms. The van der Waals surface area contributed by atoms with E-state index < -0.39 is 35.2 Å². The lowest BCUT2D eigenvalue weighted by Crippen LogP contribution is -2.50. The third-order valence-corrected chi connectivity index (χ3v) is 4.35. The Labute approximate surface area is 145 Å². The average molecular weight is 357 g/mol. The Hall–Kier alpha value is -1.87. The van der Waals surface area contributed by atoms with Gasteiger partial charge in [0.25, 0.3) is 5.91 Å². The van der Waals surface area contributed by atoms with Crippen LogP contribution in [0.4, 0.5) is 0 Å². The molecule has 24 heavy (non-hydrogen) atoms. The fourth-order valence-corrected chi connectivity index (χ4v) is 2.76. The first-order valence-corrected chi connectivity index (χ1v) is 8.83. The Balaban J connectivity index is 2.61. The molecule has 0 bridgehead atoms. The van der Waals surface area contributed by atoms with E-state index in [4.69, 9.17) is 4.74 Å². The molecule has 0 aromatic heterocycles. The van der Waals surface area contributed by atoms with E-state index in [1.165, 1.54) is 11.8 Å². The van der Waals surface area contributed by atoms with Crippen LogP contribution < -0.4 is 10.6 Å². The second-order valence-electron chi connectivity index (χ2n) is 5.24. The van der Waals surface area contributed by atoms with Gasteiger partial charge in [0.15, 0.2) is 0 Å². The number of imide groups is 1. The van der Waals surface area contributed by atoms with Gasteiger partial charge in [0.05, 0.1) is 11.4 Å². The monoisotopic (exact) mass is 357 g/mol. The van der Waals surface area contributed by atoms with Crippen LogP contribution in [0.2, 0.25) is 0 Å². The van der Waals surface area contributed by atoms with Crippen molar-refractivity contribution in [3.63, 3.8) is 0 Å². The topological polar surface area (TPSA) is 105 Å². The molecule has 1 aliphatic heterocycles. The maximum absolute atomic E-state index is 12.2. The van der Waals surface area contributed by atoms with E-state index in [2.05, 4.69) is 17.2 Å². The molecule has 1 fully saturated rings. The molecule has 3 unspecified atom stereocenters. The van der Waals surface area contributed by atoms with E-state index >= 15 is 0 Å². The van der Waals surface area contributed by atoms with Crippen molar-refractivity contribution in [1.29, 1.82) is 0 Å². The largest absolute Gasteiger partial charge is 0.369 e. The lowest BCUT2D eigenvalue weighted by Gasteiger charge is -2.21. The summed E-state index contributed by atoms with van der Waals surface area (Å²) in [4.78, 5) is 48.7. The maximum atomic E-state index is 12.2. The summed E-state index contributed by atoms with van der Waals surface area (Å²) in [5, 5.41) is 4.54. The van der Waals surface area contributed by atoms with Gasteiger partial charge in [0.2, 0.25) is 17.7 Å². The molecular weight excluding hydrogens is 334 g/mol. The predicted octanol–water partition coefficient (Wildman–Crippen LogP) is -0.00600. The van der Waals surface area contributed by atoms with Crippen molar-refractivity contribution in [2.45, 2.75) is 44.7 Å². The number of amides is 4. The zero-order valence-corrected chi connectivity index (χ0v) is 15.1. The fraction of sp³-hybridized carbons (Fsp3) is 0.600. The van der Waals surface area contributed by atoms with Crippen LogP contribution >= 0.6 is 11.8 Å². The molecule has 3 atom stereocenters. The Bertz CT molecular complexity index is 551. The summed E-state index contributed by atoms with van der Waals surface area (Å²) in [6.45, 7) is 8.84. The predicted molar refractivity (Wildman–Crippen MR) is 89.7 cm³/mol. The second-order valence-corrected chi connectivity index (χ2v) is 6.28. The Morgan fingerprint density at radius 3 is 2.50 bits per heavy atom. The Morgan fingerprint density at radius 1 is 1.38 bits per heavy atom. The van der Waals surface area contributed by atoms with Crippen molar-refractivity contribution in [2.24, 2.45) is 0 Å². The molecule has 0 aromatic rings. The molecule has 0 radical (unpaired) electrons. The summed E-state index contributed by atoms with van der Waals surface area (Å²) in [6.07, 6.45) is 0.402. The molecule has 1 rings (SSSR count). The molecule has 2 N–H and O–H groups in total. The molecule has 1 saturated heterocycles. The summed E-state index contributed by atoms with van der Waals surface area (Å²) in [5.41, 5.74) is -0.250. The molecule has 1 aliphatic rings. The quantitative estimate of drug-likeness (QED) is 0.360. The number of rotatable bonds is 8. The van der Waals surface area contributed by atoms with E-state index in [0.29, 0.717) is 6.61 Å². The van der Waals surface area contributed by atoms with Gasteiger partial charge in [-0.15, -0.1) is 0 Å². The summed E-state index contributed by atoms with van der Waals surface area (Å²) < 4.78 is 5.15. The van der Waals surface area contributed by atoms with Gasteiger partial charge >= 0.3 is 0 Å². The third-order valence-electron chi connectivity index (χ3n) is 3.41. The van der Waals surface area contributed by atoms with Crippen LogP contribution in [0, 0.1) is 0 Å². The van der Waals surface area contributed by atoms with Crippen molar-refractivity contribution in [3.05, 3.63) is 12.3 Å². The zero-order chi connectivity index (χ0) is 18.4. The highest BCUT2D eigenvalue weighted by Gasteiger charge is 2.41. The Morgan fingerprint density at radius 2 is 2.00 bits per heavy atom. The number of nitrogens with one attached hydrogen (secondary N) is 2. The number of carbonyl (C=O) groups is 4. The van der Waals surface area contributed by atoms with Crippen LogP contribution in [0.5, 0.6) is 0 Å². The van der Waals surface area contributed by atoms with Crippen LogP contribution in [-0.2, 0) is 23.9 Å². The summed E-state index contributed by atoms with van der Waals surface area (Å²) in [5.74, 6) is -1.99. The lowest BCUT2D eigenvalue weighted by atomic mass is 10.3. The first-order chi connectivity index (χ1) is 11.2. The van der Waals surface area contributed by atoms with Gasteiger partial charge in [-0.2, -0.15) is 11.8 Å². The molecule has 9 heteroatoms. The number of nitrogens with zero attached hydrogens (tertiary/aromatic N) is 1. The van der Waals surface area contributed by atoms with Crippen LogP contribution in [0.1, 0.15) is 27.2 Å².